The van der Waals surface area contributed by atoms with Gasteiger partial charge in [0.2, 0.25) is 0 Å². The van der Waals surface area contributed by atoms with Crippen LogP contribution in [0.1, 0.15) is 33.3 Å². The number of hydrogen-bond acceptors (Lipinski definition) is 2. The van der Waals surface area contributed by atoms with Crippen LogP contribution in [0.3, 0.4) is 0 Å². The summed E-state index contributed by atoms with van der Waals surface area (Å²) in [5.74, 6) is 0.542. The molecule has 1 heterocycles. The minimum Gasteiger partial charge on any atom is -0.311 e. The average Bonchev–Trinajstić information content (AvgIpc) is 2.23. The molecule has 0 unspecified atom stereocenters. The van der Waals surface area contributed by atoms with Crippen LogP contribution in [0, 0.1) is 5.92 Å². The molecule has 0 aliphatic heterocycles. The Bertz CT molecular complexity index is 384. The van der Waals surface area contributed by atoms with Gasteiger partial charge in [-0.05, 0) is 33.5 Å². The van der Waals surface area contributed by atoms with Crippen LogP contribution in [0.2, 0.25) is 0 Å². The summed E-state index contributed by atoms with van der Waals surface area (Å²) in [4.78, 5) is 4.18. The monoisotopic (exact) mass is 296 g/mol. The van der Waals surface area contributed by atoms with Gasteiger partial charge in [0, 0.05) is 29.5 Å². The molecule has 3 heteroatoms. The van der Waals surface area contributed by atoms with E-state index in [4.69, 9.17) is 0 Å². The molecule has 1 aromatic heterocycles. The first-order valence-corrected chi connectivity index (χ1v) is 6.82. The summed E-state index contributed by atoms with van der Waals surface area (Å²) in [7, 11) is 0. The fraction of sp³-hybridized carbons (Fsp3) is 0.500. The summed E-state index contributed by atoms with van der Waals surface area (Å²) in [6.07, 6.45) is 5.92. The molecule has 0 aliphatic rings. The minimum atomic E-state index is 0.512. The number of rotatable bonds is 5. The molecule has 0 atom stereocenters. The zero-order valence-corrected chi connectivity index (χ0v) is 12.6. The van der Waals surface area contributed by atoms with Crippen LogP contribution in [-0.2, 0) is 0 Å². The summed E-state index contributed by atoms with van der Waals surface area (Å²) in [6.45, 7) is 9.71. The first-order valence-electron chi connectivity index (χ1n) is 6.03. The maximum Gasteiger partial charge on any atom is 0.0410 e. The molecule has 94 valence electrons. The number of nitrogens with zero attached hydrogens (tertiary/aromatic N) is 1. The highest BCUT2D eigenvalue weighted by Crippen LogP contribution is 2.16. The smallest absolute Gasteiger partial charge is 0.0410 e. The molecule has 0 bridgehead atoms. The molecule has 0 aliphatic carbocycles. The first kappa shape index (κ1) is 14.4. The van der Waals surface area contributed by atoms with Gasteiger partial charge in [0.05, 0.1) is 0 Å². The summed E-state index contributed by atoms with van der Waals surface area (Å²) in [5, 5.41) is 3.46. The van der Waals surface area contributed by atoms with Crippen molar-refractivity contribution >= 4 is 22.0 Å². The predicted octanol–water partition coefficient (Wildman–Crippen LogP) is 3.88. The molecule has 0 fully saturated rings. The quantitative estimate of drug-likeness (QED) is 0.892. The van der Waals surface area contributed by atoms with E-state index in [-0.39, 0.29) is 0 Å². The third-order valence-electron chi connectivity index (χ3n) is 2.53. The Kier molecular flexibility index (Phi) is 5.86. The lowest BCUT2D eigenvalue weighted by atomic mass is 10.0. The average molecular weight is 297 g/mol. The molecule has 0 saturated heterocycles. The molecular weight excluding hydrogens is 276 g/mol. The number of aromatic nitrogens is 1. The van der Waals surface area contributed by atoms with Crippen molar-refractivity contribution < 1.29 is 0 Å². The molecule has 0 spiro atoms. The van der Waals surface area contributed by atoms with Gasteiger partial charge in [0.25, 0.3) is 0 Å². The van der Waals surface area contributed by atoms with Crippen LogP contribution in [0.5, 0.6) is 0 Å². The minimum absolute atomic E-state index is 0.512. The fourth-order valence-corrected chi connectivity index (χ4v) is 1.85. The van der Waals surface area contributed by atoms with E-state index in [1.54, 1.807) is 6.20 Å². The van der Waals surface area contributed by atoms with E-state index in [1.807, 2.05) is 6.20 Å². The lowest BCUT2D eigenvalue weighted by Crippen LogP contribution is -2.26. The second-order valence-electron chi connectivity index (χ2n) is 4.85. The lowest BCUT2D eigenvalue weighted by molar-refractivity contribution is 0.593. The van der Waals surface area contributed by atoms with Gasteiger partial charge < -0.3 is 5.32 Å². The zero-order valence-electron chi connectivity index (χ0n) is 11.0. The molecule has 2 nitrogen and oxygen atoms in total. The van der Waals surface area contributed by atoms with Crippen molar-refractivity contribution in [3.63, 3.8) is 0 Å². The Morgan fingerprint density at radius 1 is 1.35 bits per heavy atom. The number of hydrogen-bond donors (Lipinski definition) is 1. The predicted molar refractivity (Wildman–Crippen MR) is 77.9 cm³/mol. The van der Waals surface area contributed by atoms with Gasteiger partial charge in [-0.15, -0.1) is 0 Å². The van der Waals surface area contributed by atoms with Crippen molar-refractivity contribution in [2.45, 2.75) is 33.7 Å². The summed E-state index contributed by atoms with van der Waals surface area (Å²) in [6, 6.07) is 2.60. The molecule has 1 N–H and O–H groups in total. The topological polar surface area (TPSA) is 24.9 Å². The van der Waals surface area contributed by atoms with Gasteiger partial charge in [-0.2, -0.15) is 0 Å². The van der Waals surface area contributed by atoms with Gasteiger partial charge in [0.15, 0.2) is 0 Å². The van der Waals surface area contributed by atoms with Gasteiger partial charge in [0.1, 0.15) is 0 Å². The van der Waals surface area contributed by atoms with E-state index in [9.17, 15) is 0 Å². The lowest BCUT2D eigenvalue weighted by Gasteiger charge is -2.15. The molecule has 0 amide bonds. The van der Waals surface area contributed by atoms with Crippen molar-refractivity contribution in [3.8, 4) is 0 Å². The highest BCUT2D eigenvalue weighted by atomic mass is 79.9. The molecule has 1 rings (SSSR count). The van der Waals surface area contributed by atoms with Crippen LogP contribution < -0.4 is 5.32 Å². The van der Waals surface area contributed by atoms with E-state index < -0.39 is 0 Å². The summed E-state index contributed by atoms with van der Waals surface area (Å²) < 4.78 is 1.02. The maximum absolute atomic E-state index is 4.18. The summed E-state index contributed by atoms with van der Waals surface area (Å²) >= 11 is 3.44. The van der Waals surface area contributed by atoms with Crippen LogP contribution in [0.25, 0.3) is 6.08 Å². The van der Waals surface area contributed by atoms with Crippen molar-refractivity contribution in [2.24, 2.45) is 5.92 Å². The first-order chi connectivity index (χ1) is 7.99. The largest absolute Gasteiger partial charge is 0.311 e. The van der Waals surface area contributed by atoms with Crippen LogP contribution in [0.4, 0.5) is 0 Å². The molecular formula is C14H21BrN2. The van der Waals surface area contributed by atoms with Crippen molar-refractivity contribution in [2.75, 3.05) is 6.54 Å². The van der Waals surface area contributed by atoms with E-state index in [0.717, 1.165) is 16.6 Å². The second kappa shape index (κ2) is 6.92. The molecule has 0 aromatic carbocycles. The Balaban J connectivity index is 2.82. The fourth-order valence-electron chi connectivity index (χ4n) is 1.47. The highest BCUT2D eigenvalue weighted by Gasteiger charge is 2.04. The third kappa shape index (κ3) is 5.46. The Morgan fingerprint density at radius 2 is 2.06 bits per heavy atom. The maximum atomic E-state index is 4.18. The normalized spacial score (nSPS) is 12.5. The van der Waals surface area contributed by atoms with Crippen LogP contribution in [0.15, 0.2) is 28.5 Å². The SMILES string of the molecule is CC(C)NC/C(=C/c1cncc(Br)c1)C(C)C. The Morgan fingerprint density at radius 3 is 2.59 bits per heavy atom. The Labute approximate surface area is 113 Å². The van der Waals surface area contributed by atoms with Crippen molar-refractivity contribution in [1.82, 2.24) is 10.3 Å². The van der Waals surface area contributed by atoms with Crippen LogP contribution in [-0.4, -0.2) is 17.6 Å². The standard InChI is InChI=1S/C14H21BrN2/c1-10(2)13(8-17-11(3)4)5-12-6-14(15)9-16-7-12/h5-7,9-11,17H,8H2,1-4H3/b13-5-. The zero-order chi connectivity index (χ0) is 12.8. The Hall–Kier alpha value is -0.670. The van der Waals surface area contributed by atoms with Gasteiger partial charge in [-0.25, -0.2) is 0 Å². The van der Waals surface area contributed by atoms with Gasteiger partial charge >= 0.3 is 0 Å². The molecule has 17 heavy (non-hydrogen) atoms. The highest BCUT2D eigenvalue weighted by molar-refractivity contribution is 9.10. The molecule has 1 aromatic rings. The number of nitrogens with one attached hydrogen (secondary N) is 1. The van der Waals surface area contributed by atoms with E-state index in [1.165, 1.54) is 5.57 Å². The van der Waals surface area contributed by atoms with Gasteiger partial charge in [-0.3, -0.25) is 4.98 Å². The van der Waals surface area contributed by atoms with Gasteiger partial charge in [-0.1, -0.05) is 39.3 Å². The van der Waals surface area contributed by atoms with Crippen LogP contribution >= 0.6 is 15.9 Å². The number of pyridine rings is 1. The number of halogens is 1. The van der Waals surface area contributed by atoms with E-state index in [0.29, 0.717) is 12.0 Å². The van der Waals surface area contributed by atoms with E-state index >= 15 is 0 Å². The molecule has 0 radical (unpaired) electrons. The summed E-state index contributed by atoms with van der Waals surface area (Å²) in [5.41, 5.74) is 2.55. The third-order valence-corrected chi connectivity index (χ3v) is 2.97. The van der Waals surface area contributed by atoms with E-state index in [2.05, 4.69) is 66.1 Å². The van der Waals surface area contributed by atoms with Crippen molar-refractivity contribution in [1.29, 1.82) is 0 Å². The van der Waals surface area contributed by atoms with Crippen molar-refractivity contribution in [3.05, 3.63) is 34.1 Å². The second-order valence-corrected chi connectivity index (χ2v) is 5.76. The molecule has 0 saturated carbocycles.